The summed E-state index contributed by atoms with van der Waals surface area (Å²) in [6.45, 7) is 8.73. The predicted molar refractivity (Wildman–Crippen MR) is 77.1 cm³/mol. The van der Waals surface area contributed by atoms with Gasteiger partial charge in [0.05, 0.1) is 0 Å². The Balaban J connectivity index is 2.10. The molecule has 1 aliphatic carbocycles. The number of carbonyl (C=O) groups excluding carboxylic acids is 1. The highest BCUT2D eigenvalue weighted by molar-refractivity contribution is 6.10. The average molecular weight is 253 g/mol. The molecule has 0 spiro atoms. The molecule has 0 radical (unpaired) electrons. The van der Waals surface area contributed by atoms with Crippen LogP contribution in [0.15, 0.2) is 36.7 Å². The first-order valence-electron chi connectivity index (χ1n) is 6.74. The normalized spacial score (nSPS) is 20.4. The SMILES string of the molecule is CC1(C)C(C(=O)c2cccc3cnccc23)C1(C)C. The van der Waals surface area contributed by atoms with Crippen LogP contribution in [0.2, 0.25) is 0 Å². The Kier molecular flexibility index (Phi) is 2.38. The number of rotatable bonds is 2. The van der Waals surface area contributed by atoms with Crippen LogP contribution in [0.1, 0.15) is 38.1 Å². The molecule has 1 aromatic carbocycles. The van der Waals surface area contributed by atoms with Crippen molar-refractivity contribution in [3.8, 4) is 0 Å². The number of aromatic nitrogens is 1. The van der Waals surface area contributed by atoms with Gasteiger partial charge in [-0.2, -0.15) is 0 Å². The Morgan fingerprint density at radius 1 is 1.11 bits per heavy atom. The molecular weight excluding hydrogens is 234 g/mol. The number of pyridine rings is 1. The molecule has 0 bridgehead atoms. The van der Waals surface area contributed by atoms with E-state index in [0.29, 0.717) is 0 Å². The molecule has 0 atom stereocenters. The van der Waals surface area contributed by atoms with Crippen LogP contribution in [-0.2, 0) is 0 Å². The molecule has 1 aromatic heterocycles. The zero-order chi connectivity index (χ0) is 13.8. The number of nitrogens with zero attached hydrogens (tertiary/aromatic N) is 1. The highest BCUT2D eigenvalue weighted by Crippen LogP contribution is 2.69. The van der Waals surface area contributed by atoms with Crippen LogP contribution in [0.4, 0.5) is 0 Å². The van der Waals surface area contributed by atoms with E-state index in [-0.39, 0.29) is 22.5 Å². The van der Waals surface area contributed by atoms with Gasteiger partial charge < -0.3 is 0 Å². The number of Topliss-reactive ketones (excluding diaryl/α,β-unsaturated/α-hetero) is 1. The Morgan fingerprint density at radius 2 is 1.79 bits per heavy atom. The molecule has 2 heteroatoms. The average Bonchev–Trinajstić information content (AvgIpc) is 2.78. The van der Waals surface area contributed by atoms with Gasteiger partial charge in [-0.25, -0.2) is 0 Å². The van der Waals surface area contributed by atoms with Gasteiger partial charge >= 0.3 is 0 Å². The van der Waals surface area contributed by atoms with Crippen LogP contribution in [0.3, 0.4) is 0 Å². The molecule has 0 aliphatic heterocycles. The number of hydrogen-bond donors (Lipinski definition) is 0. The summed E-state index contributed by atoms with van der Waals surface area (Å²) >= 11 is 0. The minimum absolute atomic E-state index is 0.0826. The van der Waals surface area contributed by atoms with Crippen molar-refractivity contribution < 1.29 is 4.79 Å². The molecular formula is C17H19NO. The molecule has 1 aliphatic rings. The first-order chi connectivity index (χ1) is 8.87. The van der Waals surface area contributed by atoms with Gasteiger partial charge in [0, 0.05) is 29.3 Å². The summed E-state index contributed by atoms with van der Waals surface area (Å²) < 4.78 is 0. The zero-order valence-electron chi connectivity index (χ0n) is 11.9. The lowest BCUT2D eigenvalue weighted by Crippen LogP contribution is -2.08. The topological polar surface area (TPSA) is 30.0 Å². The number of carbonyl (C=O) groups is 1. The maximum atomic E-state index is 12.8. The quantitative estimate of drug-likeness (QED) is 0.754. The van der Waals surface area contributed by atoms with Crippen molar-refractivity contribution >= 4 is 16.6 Å². The van der Waals surface area contributed by atoms with Crippen LogP contribution < -0.4 is 0 Å². The Bertz CT molecular complexity index is 651. The molecule has 0 saturated heterocycles. The van der Waals surface area contributed by atoms with E-state index in [0.717, 1.165) is 16.3 Å². The summed E-state index contributed by atoms with van der Waals surface area (Å²) in [6.07, 6.45) is 3.57. The van der Waals surface area contributed by atoms with Gasteiger partial charge in [-0.05, 0) is 22.3 Å². The van der Waals surface area contributed by atoms with Gasteiger partial charge in [-0.1, -0.05) is 45.9 Å². The molecule has 1 saturated carbocycles. The summed E-state index contributed by atoms with van der Waals surface area (Å²) in [6, 6.07) is 7.82. The molecule has 1 heterocycles. The van der Waals surface area contributed by atoms with Crippen LogP contribution in [-0.4, -0.2) is 10.8 Å². The third-order valence-corrected chi connectivity index (χ3v) is 5.23. The summed E-state index contributed by atoms with van der Waals surface area (Å²) in [5.74, 6) is 0.380. The fourth-order valence-electron chi connectivity index (χ4n) is 3.34. The van der Waals surface area contributed by atoms with Crippen LogP contribution in [0, 0.1) is 16.7 Å². The number of fused-ring (bicyclic) bond motifs is 1. The molecule has 19 heavy (non-hydrogen) atoms. The summed E-state index contributed by atoms with van der Waals surface area (Å²) in [7, 11) is 0. The lowest BCUT2D eigenvalue weighted by molar-refractivity contribution is 0.0947. The minimum Gasteiger partial charge on any atom is -0.294 e. The fourth-order valence-corrected chi connectivity index (χ4v) is 3.34. The van der Waals surface area contributed by atoms with E-state index in [1.54, 1.807) is 6.20 Å². The van der Waals surface area contributed by atoms with E-state index in [1.807, 2.05) is 30.5 Å². The molecule has 1 fully saturated rings. The van der Waals surface area contributed by atoms with Gasteiger partial charge in [0.25, 0.3) is 0 Å². The first kappa shape index (κ1) is 12.3. The molecule has 0 N–H and O–H groups in total. The van der Waals surface area contributed by atoms with E-state index < -0.39 is 0 Å². The standard InChI is InChI=1S/C17H19NO/c1-16(2)15(17(16,3)4)14(19)13-7-5-6-11-10-18-9-8-12(11)13/h5-10,15H,1-4H3. The highest BCUT2D eigenvalue weighted by Gasteiger charge is 2.67. The maximum Gasteiger partial charge on any atom is 0.167 e. The van der Waals surface area contributed by atoms with Crippen molar-refractivity contribution in [2.45, 2.75) is 27.7 Å². The van der Waals surface area contributed by atoms with E-state index in [2.05, 4.69) is 32.7 Å². The van der Waals surface area contributed by atoms with Crippen LogP contribution in [0.5, 0.6) is 0 Å². The van der Waals surface area contributed by atoms with E-state index >= 15 is 0 Å². The second-order valence-electron chi connectivity index (χ2n) is 6.64. The largest absolute Gasteiger partial charge is 0.294 e. The minimum atomic E-state index is 0.0826. The number of hydrogen-bond acceptors (Lipinski definition) is 2. The van der Waals surface area contributed by atoms with E-state index in [9.17, 15) is 4.79 Å². The van der Waals surface area contributed by atoms with E-state index in [4.69, 9.17) is 0 Å². The molecule has 98 valence electrons. The molecule has 2 nitrogen and oxygen atoms in total. The third-order valence-electron chi connectivity index (χ3n) is 5.23. The highest BCUT2D eigenvalue weighted by atomic mass is 16.1. The first-order valence-corrected chi connectivity index (χ1v) is 6.74. The maximum absolute atomic E-state index is 12.8. The monoisotopic (exact) mass is 253 g/mol. The van der Waals surface area contributed by atoms with Gasteiger partial charge in [-0.15, -0.1) is 0 Å². The van der Waals surface area contributed by atoms with Gasteiger partial charge in [-0.3, -0.25) is 9.78 Å². The van der Waals surface area contributed by atoms with Crippen molar-refractivity contribution in [2.24, 2.45) is 16.7 Å². The number of benzene rings is 1. The lowest BCUT2D eigenvalue weighted by atomic mass is 9.97. The Labute approximate surface area is 113 Å². The number of ketones is 1. The second-order valence-corrected chi connectivity index (χ2v) is 6.64. The van der Waals surface area contributed by atoms with Gasteiger partial charge in [0.2, 0.25) is 0 Å². The Morgan fingerprint density at radius 3 is 2.42 bits per heavy atom. The van der Waals surface area contributed by atoms with Crippen molar-refractivity contribution in [3.63, 3.8) is 0 Å². The van der Waals surface area contributed by atoms with Gasteiger partial charge in [0.15, 0.2) is 5.78 Å². The van der Waals surface area contributed by atoms with Crippen molar-refractivity contribution in [1.29, 1.82) is 0 Å². The smallest absolute Gasteiger partial charge is 0.167 e. The summed E-state index contributed by atoms with van der Waals surface area (Å²) in [4.78, 5) is 17.0. The van der Waals surface area contributed by atoms with Crippen molar-refractivity contribution in [2.75, 3.05) is 0 Å². The molecule has 3 rings (SSSR count). The zero-order valence-corrected chi connectivity index (χ0v) is 11.9. The lowest BCUT2D eigenvalue weighted by Gasteiger charge is -2.06. The fraction of sp³-hybridized carbons (Fsp3) is 0.412. The van der Waals surface area contributed by atoms with Crippen LogP contribution in [0.25, 0.3) is 10.8 Å². The van der Waals surface area contributed by atoms with Gasteiger partial charge in [0.1, 0.15) is 0 Å². The van der Waals surface area contributed by atoms with Crippen molar-refractivity contribution in [3.05, 3.63) is 42.2 Å². The predicted octanol–water partition coefficient (Wildman–Crippen LogP) is 4.10. The molecule has 0 unspecified atom stereocenters. The van der Waals surface area contributed by atoms with Crippen LogP contribution >= 0.6 is 0 Å². The van der Waals surface area contributed by atoms with Crippen molar-refractivity contribution in [1.82, 2.24) is 4.98 Å². The summed E-state index contributed by atoms with van der Waals surface area (Å²) in [5.41, 5.74) is 1.00. The second kappa shape index (κ2) is 3.66. The Hall–Kier alpha value is -1.70. The molecule has 2 aromatic rings. The third kappa shape index (κ3) is 1.55. The van der Waals surface area contributed by atoms with E-state index in [1.165, 1.54) is 0 Å². The molecule has 0 amide bonds. The summed E-state index contributed by atoms with van der Waals surface area (Å²) in [5, 5.41) is 2.05.